The van der Waals surface area contributed by atoms with Gasteiger partial charge in [0.25, 0.3) is 0 Å². The molecule has 5 nitrogen and oxygen atoms in total. The number of hydrogen-bond donors (Lipinski definition) is 1. The first-order chi connectivity index (χ1) is 14.7. The Labute approximate surface area is 183 Å². The van der Waals surface area contributed by atoms with E-state index < -0.39 is 0 Å². The van der Waals surface area contributed by atoms with Crippen LogP contribution in [0.3, 0.4) is 0 Å². The third-order valence-electron chi connectivity index (χ3n) is 4.33. The number of aromatic nitrogens is 1. The Morgan fingerprint density at radius 2 is 1.73 bits per heavy atom. The summed E-state index contributed by atoms with van der Waals surface area (Å²) in [5.41, 5.74) is 2.20. The summed E-state index contributed by atoms with van der Waals surface area (Å²) >= 11 is 5.93. The molecule has 1 N–H and O–H groups in total. The molecule has 1 aromatic heterocycles. The van der Waals surface area contributed by atoms with Crippen molar-refractivity contribution in [1.29, 1.82) is 0 Å². The first-order valence-electron chi connectivity index (χ1n) is 10.1. The summed E-state index contributed by atoms with van der Waals surface area (Å²) in [6.45, 7) is 5.25. The minimum absolute atomic E-state index is 0.463. The molecule has 0 radical (unpaired) electrons. The van der Waals surface area contributed by atoms with Crippen LogP contribution in [0.25, 0.3) is 0 Å². The van der Waals surface area contributed by atoms with Crippen LogP contribution in [-0.4, -0.2) is 24.7 Å². The molecule has 0 spiro atoms. The van der Waals surface area contributed by atoms with Crippen LogP contribution in [0.15, 0.2) is 66.9 Å². The van der Waals surface area contributed by atoms with Gasteiger partial charge in [-0.15, -0.1) is 0 Å². The van der Waals surface area contributed by atoms with E-state index in [9.17, 15) is 0 Å². The van der Waals surface area contributed by atoms with Crippen LogP contribution in [0.2, 0.25) is 5.02 Å². The molecule has 1 heterocycles. The topological polar surface area (TPSA) is 52.6 Å². The second kappa shape index (κ2) is 12.1. The van der Waals surface area contributed by atoms with E-state index in [1.165, 1.54) is 0 Å². The molecule has 6 heteroatoms. The predicted octanol–water partition coefficient (Wildman–Crippen LogP) is 5.27. The van der Waals surface area contributed by atoms with E-state index in [-0.39, 0.29) is 0 Å². The lowest BCUT2D eigenvalue weighted by Gasteiger charge is -2.14. The molecule has 2 aromatic carbocycles. The molecule has 0 bridgehead atoms. The van der Waals surface area contributed by atoms with Gasteiger partial charge in [-0.2, -0.15) is 0 Å². The summed E-state index contributed by atoms with van der Waals surface area (Å²) < 4.78 is 17.3. The third kappa shape index (κ3) is 7.25. The van der Waals surface area contributed by atoms with Gasteiger partial charge in [0.15, 0.2) is 11.5 Å². The molecule has 0 unspecified atom stereocenters. The summed E-state index contributed by atoms with van der Waals surface area (Å²) in [6.07, 6.45) is 2.63. The van der Waals surface area contributed by atoms with Crippen LogP contribution in [-0.2, 0) is 13.2 Å². The van der Waals surface area contributed by atoms with E-state index in [1.54, 1.807) is 6.20 Å². The zero-order chi connectivity index (χ0) is 21.0. The number of hydrogen-bond acceptors (Lipinski definition) is 5. The molecule has 0 saturated heterocycles. The van der Waals surface area contributed by atoms with Crippen molar-refractivity contribution in [1.82, 2.24) is 10.3 Å². The van der Waals surface area contributed by atoms with Gasteiger partial charge < -0.3 is 19.5 Å². The van der Waals surface area contributed by atoms with Crippen LogP contribution >= 0.6 is 11.6 Å². The largest absolute Gasteiger partial charge is 0.490 e. The van der Waals surface area contributed by atoms with Gasteiger partial charge in [-0.25, -0.2) is 4.98 Å². The third-order valence-corrected chi connectivity index (χ3v) is 4.58. The van der Waals surface area contributed by atoms with Gasteiger partial charge in [0.1, 0.15) is 6.61 Å². The standard InChI is InChI=1S/C24H27ClN2O3/c1-2-28-23-16-20(17-26-13-5-15-29-24-6-3-4-14-27-24)9-12-22(23)30-18-19-7-10-21(25)11-8-19/h3-4,6-12,14,16,26H,2,5,13,15,17-18H2,1H3. The van der Waals surface area contributed by atoms with Crippen LogP contribution in [0.5, 0.6) is 17.4 Å². The van der Waals surface area contributed by atoms with Crippen molar-refractivity contribution in [3.05, 3.63) is 83.0 Å². The van der Waals surface area contributed by atoms with Gasteiger partial charge in [0.2, 0.25) is 5.88 Å². The predicted molar refractivity (Wildman–Crippen MR) is 119 cm³/mol. The van der Waals surface area contributed by atoms with Gasteiger partial charge in [-0.3, -0.25) is 0 Å². The van der Waals surface area contributed by atoms with E-state index >= 15 is 0 Å². The molecule has 158 valence electrons. The lowest BCUT2D eigenvalue weighted by atomic mass is 10.2. The zero-order valence-electron chi connectivity index (χ0n) is 17.1. The summed E-state index contributed by atoms with van der Waals surface area (Å²) in [5, 5.41) is 4.15. The number of halogens is 1. The monoisotopic (exact) mass is 426 g/mol. The highest BCUT2D eigenvalue weighted by Gasteiger charge is 2.07. The molecule has 0 amide bonds. The average Bonchev–Trinajstić information content (AvgIpc) is 2.77. The van der Waals surface area contributed by atoms with Crippen molar-refractivity contribution in [2.45, 2.75) is 26.5 Å². The van der Waals surface area contributed by atoms with Gasteiger partial charge in [-0.1, -0.05) is 35.9 Å². The van der Waals surface area contributed by atoms with E-state index in [2.05, 4.69) is 16.4 Å². The molecule has 3 aromatic rings. The second-order valence-electron chi connectivity index (χ2n) is 6.68. The maximum atomic E-state index is 5.96. The molecule has 3 rings (SSSR count). The van der Waals surface area contributed by atoms with Crippen molar-refractivity contribution in [2.24, 2.45) is 0 Å². The highest BCUT2D eigenvalue weighted by Crippen LogP contribution is 2.29. The number of pyridine rings is 1. The Morgan fingerprint density at radius 1 is 0.900 bits per heavy atom. The van der Waals surface area contributed by atoms with Crippen LogP contribution in [0, 0.1) is 0 Å². The molecular formula is C24H27ClN2O3. The van der Waals surface area contributed by atoms with Crippen LogP contribution < -0.4 is 19.5 Å². The minimum atomic E-state index is 0.463. The van der Waals surface area contributed by atoms with Crippen molar-refractivity contribution >= 4 is 11.6 Å². The Balaban J connectivity index is 1.44. The van der Waals surface area contributed by atoms with Crippen LogP contribution in [0.1, 0.15) is 24.5 Å². The fourth-order valence-corrected chi connectivity index (χ4v) is 2.96. The van der Waals surface area contributed by atoms with Crippen LogP contribution in [0.4, 0.5) is 0 Å². The van der Waals surface area contributed by atoms with E-state index in [0.29, 0.717) is 30.7 Å². The fraction of sp³-hybridized carbons (Fsp3) is 0.292. The molecule has 0 saturated carbocycles. The minimum Gasteiger partial charge on any atom is -0.490 e. The maximum absolute atomic E-state index is 5.96. The number of ether oxygens (including phenoxy) is 3. The fourth-order valence-electron chi connectivity index (χ4n) is 2.83. The van der Waals surface area contributed by atoms with E-state index in [0.717, 1.165) is 42.1 Å². The second-order valence-corrected chi connectivity index (χ2v) is 7.11. The molecular weight excluding hydrogens is 400 g/mol. The number of nitrogens with zero attached hydrogens (tertiary/aromatic N) is 1. The summed E-state index contributed by atoms with van der Waals surface area (Å²) in [5.74, 6) is 2.15. The lowest BCUT2D eigenvalue weighted by Crippen LogP contribution is -2.17. The maximum Gasteiger partial charge on any atom is 0.213 e. The van der Waals surface area contributed by atoms with Gasteiger partial charge >= 0.3 is 0 Å². The number of rotatable bonds is 12. The Bertz CT molecular complexity index is 889. The normalized spacial score (nSPS) is 10.6. The first-order valence-corrected chi connectivity index (χ1v) is 10.5. The molecule has 0 fully saturated rings. The smallest absolute Gasteiger partial charge is 0.213 e. The molecule has 0 atom stereocenters. The zero-order valence-corrected chi connectivity index (χ0v) is 17.9. The van der Waals surface area contributed by atoms with Gasteiger partial charge in [0, 0.05) is 23.8 Å². The van der Waals surface area contributed by atoms with Crippen molar-refractivity contribution in [3.8, 4) is 17.4 Å². The van der Waals surface area contributed by atoms with E-state index in [1.807, 2.05) is 61.5 Å². The highest BCUT2D eigenvalue weighted by atomic mass is 35.5. The highest BCUT2D eigenvalue weighted by molar-refractivity contribution is 6.30. The Hall–Kier alpha value is -2.76. The SMILES string of the molecule is CCOc1cc(CNCCCOc2ccccn2)ccc1OCc1ccc(Cl)cc1. The average molecular weight is 427 g/mol. The summed E-state index contributed by atoms with van der Waals surface area (Å²) in [6, 6.07) is 19.3. The summed E-state index contributed by atoms with van der Waals surface area (Å²) in [7, 11) is 0. The Kier molecular flexibility index (Phi) is 8.81. The van der Waals surface area contributed by atoms with E-state index in [4.69, 9.17) is 25.8 Å². The quantitative estimate of drug-likeness (QED) is 0.400. The van der Waals surface area contributed by atoms with Gasteiger partial charge in [-0.05, 0) is 61.3 Å². The Morgan fingerprint density at radius 3 is 2.50 bits per heavy atom. The molecule has 0 aliphatic carbocycles. The summed E-state index contributed by atoms with van der Waals surface area (Å²) in [4.78, 5) is 4.14. The van der Waals surface area contributed by atoms with Gasteiger partial charge in [0.05, 0.1) is 13.2 Å². The lowest BCUT2D eigenvalue weighted by molar-refractivity contribution is 0.269. The van der Waals surface area contributed by atoms with Crippen molar-refractivity contribution in [3.63, 3.8) is 0 Å². The first kappa shape index (κ1) is 21.9. The molecule has 30 heavy (non-hydrogen) atoms. The number of nitrogens with one attached hydrogen (secondary N) is 1. The molecule has 0 aliphatic rings. The van der Waals surface area contributed by atoms with Crippen molar-refractivity contribution in [2.75, 3.05) is 19.8 Å². The number of benzene rings is 2. The van der Waals surface area contributed by atoms with Crippen molar-refractivity contribution < 1.29 is 14.2 Å². The molecule has 0 aliphatic heterocycles.